The fourth-order valence-electron chi connectivity index (χ4n) is 1.02. The van der Waals surface area contributed by atoms with Gasteiger partial charge in [-0.1, -0.05) is 66.8 Å². The molecule has 0 aromatic heterocycles. The molecule has 0 saturated heterocycles. The van der Waals surface area contributed by atoms with Gasteiger partial charge in [0.05, 0.1) is 0 Å². The Morgan fingerprint density at radius 3 is 1.50 bits per heavy atom. The second kappa shape index (κ2) is 21.9. The van der Waals surface area contributed by atoms with Crippen LogP contribution in [-0.2, 0) is 31.3 Å². The van der Waals surface area contributed by atoms with Crippen molar-refractivity contribution < 1.29 is 31.3 Å². The number of rotatable bonds is 2. The molecule has 0 aliphatic rings. The molecule has 1 aromatic carbocycles. The van der Waals surface area contributed by atoms with Crippen LogP contribution in [0.25, 0.3) is 0 Å². The normalized spacial score (nSPS) is 10.1. The maximum atomic E-state index is 7.50. The molecule has 18 heavy (non-hydrogen) atoms. The molecule has 0 N–H and O–H groups in total. The van der Waals surface area contributed by atoms with E-state index in [1.54, 1.807) is 0 Å². The molecular formula is C13H13CrIO3. The van der Waals surface area contributed by atoms with Gasteiger partial charge >= 0.3 is 33.9 Å². The van der Waals surface area contributed by atoms with Crippen molar-refractivity contribution >= 4 is 22.6 Å². The monoisotopic (exact) mass is 396 g/mol. The Hall–Kier alpha value is -0.298. The average Bonchev–Trinajstić information content (AvgIpc) is 2.45. The van der Waals surface area contributed by atoms with E-state index in [4.69, 9.17) is 14.0 Å². The van der Waals surface area contributed by atoms with Gasteiger partial charge < -0.3 is 0 Å². The molecule has 5 heteroatoms. The number of hydrogen-bond acceptors (Lipinski definition) is 0. The zero-order chi connectivity index (χ0) is 14.3. The molecule has 0 amide bonds. The molecule has 0 unspecified atom stereocenters. The van der Waals surface area contributed by atoms with E-state index in [0.29, 0.717) is 9.84 Å². The SMILES string of the molecule is C[C@H](c1ccccc1)[C@@H](C)I.[C-]#[O+].[C-]#[O+].[C-]#[O+].[Cr]. The van der Waals surface area contributed by atoms with Gasteiger partial charge in [0.2, 0.25) is 0 Å². The Labute approximate surface area is 133 Å². The molecule has 96 valence electrons. The van der Waals surface area contributed by atoms with Crippen LogP contribution in [0.4, 0.5) is 0 Å². The molecule has 0 saturated carbocycles. The van der Waals surface area contributed by atoms with E-state index < -0.39 is 0 Å². The van der Waals surface area contributed by atoms with Crippen molar-refractivity contribution in [2.24, 2.45) is 0 Å². The van der Waals surface area contributed by atoms with E-state index in [2.05, 4.69) is 86.7 Å². The molecule has 0 bridgehead atoms. The Kier molecular flexibility index (Phi) is 32.1. The first-order chi connectivity index (χ1) is 8.22. The standard InChI is InChI=1S/C10H13I.3CO.Cr/c1-8(9(2)11)10-6-4-3-5-7-10;3*1-2;/h3-9H,1-2H3;;;;/t8-,9+;;;;/m0..../s1. The van der Waals surface area contributed by atoms with E-state index in [-0.39, 0.29) is 17.4 Å². The smallest absolute Gasteiger partial charge is 0 e. The molecule has 0 aliphatic heterocycles. The van der Waals surface area contributed by atoms with Gasteiger partial charge in [-0.05, 0) is 11.5 Å². The summed E-state index contributed by atoms with van der Waals surface area (Å²) in [6, 6.07) is 10.7. The average molecular weight is 396 g/mol. The molecule has 0 aliphatic carbocycles. The van der Waals surface area contributed by atoms with Crippen LogP contribution in [0.3, 0.4) is 0 Å². The molecule has 2 atom stereocenters. The number of alkyl halides is 1. The Morgan fingerprint density at radius 1 is 0.889 bits per heavy atom. The van der Waals surface area contributed by atoms with Gasteiger partial charge in [0.1, 0.15) is 0 Å². The minimum Gasteiger partial charge on any atom is 0 e. The first kappa shape index (κ1) is 26.3. The molecule has 0 heterocycles. The van der Waals surface area contributed by atoms with Crippen LogP contribution < -0.4 is 0 Å². The van der Waals surface area contributed by atoms with Crippen molar-refractivity contribution in [2.75, 3.05) is 0 Å². The number of benzene rings is 1. The fourth-order valence-corrected chi connectivity index (χ4v) is 1.44. The van der Waals surface area contributed by atoms with Crippen molar-refractivity contribution in [1.29, 1.82) is 0 Å². The second-order valence-corrected chi connectivity index (χ2v) is 4.84. The number of hydrogen-bond donors (Lipinski definition) is 0. The van der Waals surface area contributed by atoms with E-state index >= 15 is 0 Å². The Bertz CT molecular complexity index is 306. The van der Waals surface area contributed by atoms with Crippen LogP contribution in [0.15, 0.2) is 30.3 Å². The van der Waals surface area contributed by atoms with Crippen LogP contribution in [0.2, 0.25) is 0 Å². The summed E-state index contributed by atoms with van der Waals surface area (Å²) in [4.78, 5) is 0. The summed E-state index contributed by atoms with van der Waals surface area (Å²) in [6.45, 7) is 18.0. The minimum atomic E-state index is 0. The molecule has 0 spiro atoms. The van der Waals surface area contributed by atoms with E-state index in [9.17, 15) is 0 Å². The van der Waals surface area contributed by atoms with Crippen molar-refractivity contribution in [3.05, 3.63) is 55.8 Å². The third kappa shape index (κ3) is 13.8. The van der Waals surface area contributed by atoms with Crippen LogP contribution in [-0.4, -0.2) is 3.92 Å². The third-order valence-electron chi connectivity index (χ3n) is 2.01. The van der Waals surface area contributed by atoms with Gasteiger partial charge in [-0.25, -0.2) is 0 Å². The van der Waals surface area contributed by atoms with Gasteiger partial charge in [-0.15, -0.1) is 0 Å². The molecule has 3 nitrogen and oxygen atoms in total. The van der Waals surface area contributed by atoms with E-state index in [1.807, 2.05) is 0 Å². The number of halogens is 1. The summed E-state index contributed by atoms with van der Waals surface area (Å²) < 4.78 is 23.2. The maximum absolute atomic E-state index is 7.50. The summed E-state index contributed by atoms with van der Waals surface area (Å²) in [6.07, 6.45) is 0. The van der Waals surface area contributed by atoms with Gasteiger partial charge in [0.25, 0.3) is 0 Å². The predicted octanol–water partition coefficient (Wildman–Crippen LogP) is 3.50. The summed E-state index contributed by atoms with van der Waals surface area (Å²) in [5.41, 5.74) is 1.44. The predicted molar refractivity (Wildman–Crippen MR) is 70.1 cm³/mol. The van der Waals surface area contributed by atoms with E-state index in [1.165, 1.54) is 5.56 Å². The van der Waals surface area contributed by atoms with Crippen LogP contribution in [0, 0.1) is 20.0 Å². The van der Waals surface area contributed by atoms with Crippen molar-refractivity contribution in [3.63, 3.8) is 0 Å². The van der Waals surface area contributed by atoms with Gasteiger partial charge in [-0.2, -0.15) is 0 Å². The van der Waals surface area contributed by atoms with Crippen LogP contribution in [0.1, 0.15) is 25.3 Å². The Balaban J connectivity index is -0.000000123. The van der Waals surface area contributed by atoms with Crippen molar-refractivity contribution in [2.45, 2.75) is 23.7 Å². The first-order valence-corrected chi connectivity index (χ1v) is 5.76. The van der Waals surface area contributed by atoms with Crippen molar-refractivity contribution in [3.8, 4) is 0 Å². The zero-order valence-electron chi connectivity index (χ0n) is 10.1. The summed E-state index contributed by atoms with van der Waals surface area (Å²) in [5.74, 6) is 0.664. The topological polar surface area (TPSA) is 59.7 Å². The molecule has 0 fully saturated rings. The molecule has 0 radical (unpaired) electrons. The first-order valence-electron chi connectivity index (χ1n) is 4.52. The second-order valence-electron chi connectivity index (χ2n) is 2.88. The van der Waals surface area contributed by atoms with Crippen LogP contribution >= 0.6 is 22.6 Å². The Morgan fingerprint density at radius 2 is 1.22 bits per heavy atom. The quantitative estimate of drug-likeness (QED) is 0.318. The molecule has 1 rings (SSSR count). The van der Waals surface area contributed by atoms with Gasteiger partial charge in [-0.3, -0.25) is 0 Å². The molecular weight excluding hydrogens is 383 g/mol. The minimum absolute atomic E-state index is 0. The molecule has 1 aromatic rings. The third-order valence-corrected chi connectivity index (χ3v) is 3.09. The van der Waals surface area contributed by atoms with Gasteiger partial charge in [0, 0.05) is 21.3 Å². The zero-order valence-corrected chi connectivity index (χ0v) is 13.5. The largest absolute Gasteiger partial charge is 0 e. The van der Waals surface area contributed by atoms with Gasteiger partial charge in [0.15, 0.2) is 0 Å². The van der Waals surface area contributed by atoms with Crippen molar-refractivity contribution in [1.82, 2.24) is 0 Å². The fraction of sp³-hybridized carbons (Fsp3) is 0.308. The summed E-state index contributed by atoms with van der Waals surface area (Å²) >= 11 is 2.47. The summed E-state index contributed by atoms with van der Waals surface area (Å²) in [5, 5.41) is 0. The van der Waals surface area contributed by atoms with Crippen LogP contribution in [0.5, 0.6) is 0 Å². The maximum Gasteiger partial charge on any atom is 0 e. The van der Waals surface area contributed by atoms with E-state index in [0.717, 1.165) is 0 Å². The summed E-state index contributed by atoms with van der Waals surface area (Å²) in [7, 11) is 0.